The lowest BCUT2D eigenvalue weighted by molar-refractivity contribution is -0.117. The Kier molecular flexibility index (Phi) is 25.6. The highest BCUT2D eigenvalue weighted by atomic mass is 35.5. The number of carbonyl (C=O) groups is 2. The lowest BCUT2D eigenvalue weighted by Gasteiger charge is -2.31. The van der Waals surface area contributed by atoms with E-state index >= 15 is 0 Å². The smallest absolute Gasteiger partial charge is 0.295 e. The maximum absolute atomic E-state index is 12.2. The zero-order valence-corrected chi connectivity index (χ0v) is 44.8. The summed E-state index contributed by atoms with van der Waals surface area (Å²) in [4.78, 5) is 51.3. The number of nitrogens with two attached hydrogens (primary N) is 2. The number of ether oxygens (including phenoxy) is 2. The van der Waals surface area contributed by atoms with Crippen LogP contribution in [0.5, 0.6) is 0 Å². The number of hydrogen-bond acceptors (Lipinski definition) is 14. The average molecular weight is 996 g/mol. The summed E-state index contributed by atoms with van der Waals surface area (Å²) in [7, 11) is 3.27. The summed E-state index contributed by atoms with van der Waals surface area (Å²) >= 11 is 14.1. The number of aromatic nitrogens is 6. The van der Waals surface area contributed by atoms with Crippen molar-refractivity contribution in [3.8, 4) is 0 Å². The number of methoxy groups -OCH3 is 2. The number of nitrogen functional groups attached to an aromatic ring is 2. The van der Waals surface area contributed by atoms with Crippen LogP contribution in [0.2, 0.25) is 0 Å². The van der Waals surface area contributed by atoms with Crippen molar-refractivity contribution in [2.45, 2.75) is 129 Å². The Bertz CT molecular complexity index is 2140. The molecule has 2 heterocycles. The third-order valence-electron chi connectivity index (χ3n) is 9.86. The number of anilines is 2. The molecule has 66 heavy (non-hydrogen) atoms. The van der Waals surface area contributed by atoms with Gasteiger partial charge in [-0.2, -0.15) is 9.35 Å². The van der Waals surface area contributed by atoms with E-state index < -0.39 is 0 Å². The number of rotatable bonds is 14. The lowest BCUT2D eigenvalue weighted by Crippen LogP contribution is -2.43. The molecule has 4 N–H and O–H groups in total. The number of carbonyl (C=O) groups excluding carboxylic acids is 2. The van der Waals surface area contributed by atoms with Crippen molar-refractivity contribution in [3.63, 3.8) is 0 Å². The first kappa shape index (κ1) is 59.8. The highest BCUT2D eigenvalue weighted by Crippen LogP contribution is 2.29. The van der Waals surface area contributed by atoms with Gasteiger partial charge in [-0.15, -0.1) is 43.6 Å². The Balaban J connectivity index is 0.000000445. The number of amides is 2. The second kappa shape index (κ2) is 28.2. The van der Waals surface area contributed by atoms with Gasteiger partial charge >= 0.3 is 0 Å². The van der Waals surface area contributed by atoms with Crippen molar-refractivity contribution in [3.05, 3.63) is 90.7 Å². The molecule has 0 spiro atoms. The number of thioether (sulfide) groups is 2. The largest absolute Gasteiger partial charge is 0.383 e. The van der Waals surface area contributed by atoms with Crippen LogP contribution in [0.25, 0.3) is 0 Å². The maximum Gasteiger partial charge on any atom is 0.295 e. The van der Waals surface area contributed by atoms with Crippen LogP contribution < -0.4 is 32.6 Å². The first-order valence-electron chi connectivity index (χ1n) is 21.4. The third kappa shape index (κ3) is 16.5. The van der Waals surface area contributed by atoms with E-state index in [0.717, 1.165) is 55.8 Å². The van der Waals surface area contributed by atoms with Crippen LogP contribution in [-0.2, 0) is 42.7 Å². The zero-order valence-electron chi connectivity index (χ0n) is 41.6. The van der Waals surface area contributed by atoms with Crippen LogP contribution in [0.4, 0.5) is 11.4 Å². The van der Waals surface area contributed by atoms with Crippen molar-refractivity contribution in [2.24, 2.45) is 0 Å². The van der Waals surface area contributed by atoms with Crippen LogP contribution in [0.3, 0.4) is 0 Å². The fourth-order valence-electron chi connectivity index (χ4n) is 6.63. The first-order valence-corrected chi connectivity index (χ1v) is 24.9. The van der Waals surface area contributed by atoms with Gasteiger partial charge in [0, 0.05) is 25.0 Å². The predicted octanol–water partition coefficient (Wildman–Crippen LogP) is 7.07. The Morgan fingerprint density at radius 3 is 1.23 bits per heavy atom. The molecule has 2 aromatic carbocycles. The molecule has 4 aromatic rings. The number of halogens is 2. The van der Waals surface area contributed by atoms with E-state index in [9.17, 15) is 19.2 Å². The van der Waals surface area contributed by atoms with Crippen LogP contribution in [0, 0.1) is 13.8 Å². The molecule has 368 valence electrons. The van der Waals surface area contributed by atoms with Crippen LogP contribution in [0.1, 0.15) is 103 Å². The maximum atomic E-state index is 12.2. The second-order valence-corrected chi connectivity index (χ2v) is 19.3. The van der Waals surface area contributed by atoms with Gasteiger partial charge in [0.25, 0.3) is 11.1 Å². The molecule has 2 atom stereocenters. The normalized spacial score (nSPS) is 12.0. The van der Waals surface area contributed by atoms with E-state index in [2.05, 4.69) is 46.4 Å². The summed E-state index contributed by atoms with van der Waals surface area (Å²) in [5.74, 6) is 10.9. The Morgan fingerprint density at radius 1 is 0.667 bits per heavy atom. The quantitative estimate of drug-likeness (QED) is 0.0737. The molecule has 0 saturated heterocycles. The number of alkyl halides is 2. The Labute approximate surface area is 409 Å². The second-order valence-electron chi connectivity index (χ2n) is 17.2. The van der Waals surface area contributed by atoms with Crippen molar-refractivity contribution >= 4 is 69.9 Å². The van der Waals surface area contributed by atoms with Crippen LogP contribution >= 0.6 is 46.7 Å². The van der Waals surface area contributed by atoms with Gasteiger partial charge in [0.05, 0.1) is 36.7 Å². The van der Waals surface area contributed by atoms with Gasteiger partial charge in [-0.1, -0.05) is 115 Å². The highest BCUT2D eigenvalue weighted by Gasteiger charge is 2.27. The molecular weight excluding hydrogens is 924 g/mol. The van der Waals surface area contributed by atoms with E-state index in [1.807, 2.05) is 93.5 Å². The molecule has 0 radical (unpaired) electrons. The number of hydrogen-bond donors (Lipinski definition) is 2. The van der Waals surface area contributed by atoms with Gasteiger partial charge in [0.1, 0.15) is 23.1 Å². The molecule has 0 aliphatic rings. The van der Waals surface area contributed by atoms with Crippen molar-refractivity contribution in [1.29, 1.82) is 0 Å². The SMILES string of the molecule is CCc1cccc(C)c1N(C(=O)CCl)C(C)COC.CCc1cccc(C)c1N(C(=O)CCl)C(C)COC.CSc1nnc(C(C)(C)C)c(=O)n1N.CSc1nnc(C(C)(C)C)c(=O)n1N. The molecule has 0 aliphatic carbocycles. The van der Waals surface area contributed by atoms with Gasteiger partial charge in [-0.3, -0.25) is 19.2 Å². The van der Waals surface area contributed by atoms with E-state index in [4.69, 9.17) is 44.4 Å². The average Bonchev–Trinajstić information content (AvgIpc) is 3.26. The molecule has 0 aliphatic heterocycles. The Hall–Kier alpha value is -4.20. The first-order chi connectivity index (χ1) is 30.9. The lowest BCUT2D eigenvalue weighted by atomic mass is 9.93. The zero-order chi connectivity index (χ0) is 50.7. The number of nitrogens with zero attached hydrogens (tertiary/aromatic N) is 8. The van der Waals surface area contributed by atoms with Gasteiger partial charge in [-0.05, 0) is 75.3 Å². The predicted molar refractivity (Wildman–Crippen MR) is 274 cm³/mol. The van der Waals surface area contributed by atoms with E-state index in [-0.39, 0.29) is 57.6 Å². The van der Waals surface area contributed by atoms with Gasteiger partial charge in [-0.25, -0.2) is 0 Å². The van der Waals surface area contributed by atoms with Crippen molar-refractivity contribution < 1.29 is 19.1 Å². The minimum Gasteiger partial charge on any atom is -0.383 e. The number of aryl methyl sites for hydroxylation is 4. The van der Waals surface area contributed by atoms with Crippen molar-refractivity contribution in [2.75, 3.05) is 73.2 Å². The fraction of sp³-hybridized carbons (Fsp3) is 0.565. The molecule has 16 nitrogen and oxygen atoms in total. The third-order valence-corrected chi connectivity index (χ3v) is 11.6. The molecule has 2 amide bonds. The standard InChI is InChI=1S/2C15H22ClNO2.2C8H14N4OS/c2*1-5-13-8-6-7-11(2)15(13)17(14(18)9-16)12(3)10-19-4;2*1-8(2,3)5-6(13)12(9)7(14-4)11-10-5/h2*6-8,12H,5,9-10H2,1-4H3;2*9H2,1-4H3. The number of benzene rings is 2. The highest BCUT2D eigenvalue weighted by molar-refractivity contribution is 7.98. The monoisotopic (exact) mass is 994 g/mol. The summed E-state index contributed by atoms with van der Waals surface area (Å²) in [6, 6.07) is 12.1. The molecule has 20 heteroatoms. The molecular formula is C46H72Cl2N10O6S2. The van der Waals surface area contributed by atoms with E-state index in [1.165, 1.54) is 23.5 Å². The van der Waals surface area contributed by atoms with E-state index in [0.29, 0.717) is 34.9 Å². The van der Waals surface area contributed by atoms with Gasteiger partial charge < -0.3 is 31.0 Å². The molecule has 4 rings (SSSR count). The number of para-hydroxylation sites is 2. The summed E-state index contributed by atoms with van der Waals surface area (Å²) in [5, 5.41) is 16.4. The minimum absolute atomic E-state index is 0.0223. The summed E-state index contributed by atoms with van der Waals surface area (Å²) in [5.41, 5.74) is 5.97. The van der Waals surface area contributed by atoms with Crippen molar-refractivity contribution in [1.82, 2.24) is 29.7 Å². The molecule has 2 unspecified atom stereocenters. The van der Waals surface area contributed by atoms with Crippen LogP contribution in [-0.4, -0.2) is 105 Å². The van der Waals surface area contributed by atoms with Crippen LogP contribution in [0.15, 0.2) is 56.3 Å². The Morgan fingerprint density at radius 2 is 0.985 bits per heavy atom. The molecule has 0 saturated carbocycles. The molecule has 0 fully saturated rings. The summed E-state index contributed by atoms with van der Waals surface area (Å²) < 4.78 is 12.4. The van der Waals surface area contributed by atoms with Gasteiger partial charge in [0.15, 0.2) is 0 Å². The van der Waals surface area contributed by atoms with Gasteiger partial charge in [0.2, 0.25) is 22.1 Å². The topological polar surface area (TPSA) is 207 Å². The summed E-state index contributed by atoms with van der Waals surface area (Å²) in [6.07, 6.45) is 5.35. The molecule has 0 bridgehead atoms. The fourth-order valence-corrected chi connectivity index (χ4v) is 7.69. The minimum atomic E-state index is -0.331. The van der Waals surface area contributed by atoms with E-state index in [1.54, 1.807) is 36.5 Å². The molecule has 2 aromatic heterocycles. The summed E-state index contributed by atoms with van der Waals surface area (Å²) in [6.45, 7) is 24.5.